The first-order valence-corrected chi connectivity index (χ1v) is 8.52. The minimum absolute atomic E-state index is 0.388. The third-order valence-electron chi connectivity index (χ3n) is 4.89. The third-order valence-corrected chi connectivity index (χ3v) is 5.75. The molecule has 0 spiro atoms. The number of hydrogen-bond donors (Lipinski definition) is 1. The van der Waals surface area contributed by atoms with Crippen LogP contribution in [0.15, 0.2) is 23.7 Å². The highest BCUT2D eigenvalue weighted by molar-refractivity contribution is 7.17. The first-order chi connectivity index (χ1) is 9.81. The summed E-state index contributed by atoms with van der Waals surface area (Å²) in [7, 11) is 0. The smallest absolute Gasteiger partial charge is 0.0809 e. The second-order valence-electron chi connectivity index (χ2n) is 6.10. The highest BCUT2D eigenvalue weighted by Crippen LogP contribution is 2.30. The summed E-state index contributed by atoms with van der Waals surface area (Å²) in [5.74, 6) is 0. The van der Waals surface area contributed by atoms with Gasteiger partial charge in [0.25, 0.3) is 0 Å². The van der Waals surface area contributed by atoms with Gasteiger partial charge in [-0.1, -0.05) is 0 Å². The zero-order chi connectivity index (χ0) is 13.5. The molecule has 0 radical (unpaired) electrons. The molecule has 1 N–H and O–H groups in total. The van der Waals surface area contributed by atoms with Crippen LogP contribution in [0.2, 0.25) is 0 Å². The number of nitrogens with zero attached hydrogens (tertiary/aromatic N) is 2. The maximum absolute atomic E-state index is 4.56. The Balaban J connectivity index is 1.50. The Morgan fingerprint density at radius 3 is 3.30 bits per heavy atom. The third kappa shape index (κ3) is 2.16. The van der Waals surface area contributed by atoms with E-state index in [9.17, 15) is 0 Å². The van der Waals surface area contributed by atoms with Gasteiger partial charge in [-0.15, -0.1) is 11.3 Å². The van der Waals surface area contributed by atoms with E-state index in [0.717, 1.165) is 11.6 Å². The van der Waals surface area contributed by atoms with Crippen molar-refractivity contribution in [1.29, 1.82) is 0 Å². The lowest BCUT2D eigenvalue weighted by Crippen LogP contribution is -2.40. The number of fused-ring (bicyclic) bond motifs is 2. The minimum Gasteiger partial charge on any atom is -0.306 e. The molecule has 4 heteroatoms. The van der Waals surface area contributed by atoms with E-state index in [1.165, 1.54) is 42.6 Å². The second-order valence-corrected chi connectivity index (χ2v) is 7.05. The summed E-state index contributed by atoms with van der Waals surface area (Å²) < 4.78 is 1.30. The molecule has 3 atom stereocenters. The molecule has 3 unspecified atom stereocenters. The largest absolute Gasteiger partial charge is 0.306 e. The van der Waals surface area contributed by atoms with Gasteiger partial charge in [0.2, 0.25) is 0 Å². The molecule has 2 aromatic rings. The predicted molar refractivity (Wildman–Crippen MR) is 84.2 cm³/mol. The van der Waals surface area contributed by atoms with Gasteiger partial charge in [-0.25, -0.2) is 0 Å². The summed E-state index contributed by atoms with van der Waals surface area (Å²) in [6.45, 7) is 4.85. The lowest BCUT2D eigenvalue weighted by molar-refractivity contribution is 0.291. The molecular weight excluding hydrogens is 266 g/mol. The Bertz CT molecular complexity index is 609. The molecule has 0 amide bonds. The van der Waals surface area contributed by atoms with Gasteiger partial charge in [-0.3, -0.25) is 9.88 Å². The molecule has 4 rings (SSSR count). The topological polar surface area (TPSA) is 28.2 Å². The molecule has 20 heavy (non-hydrogen) atoms. The lowest BCUT2D eigenvalue weighted by Gasteiger charge is -2.25. The van der Waals surface area contributed by atoms with Crippen molar-refractivity contribution in [3.05, 3.63) is 29.3 Å². The van der Waals surface area contributed by atoms with Crippen molar-refractivity contribution in [3.8, 4) is 0 Å². The van der Waals surface area contributed by atoms with Gasteiger partial charge in [-0.2, -0.15) is 0 Å². The molecule has 2 aromatic heterocycles. The number of hydrogen-bond acceptors (Lipinski definition) is 4. The summed E-state index contributed by atoms with van der Waals surface area (Å²) in [4.78, 5) is 7.22. The lowest BCUT2D eigenvalue weighted by atomic mass is 10.0. The van der Waals surface area contributed by atoms with Gasteiger partial charge in [0.05, 0.1) is 10.2 Å². The van der Waals surface area contributed by atoms with Crippen LogP contribution in [0.1, 0.15) is 37.8 Å². The van der Waals surface area contributed by atoms with Crippen LogP contribution in [-0.4, -0.2) is 35.1 Å². The van der Waals surface area contributed by atoms with E-state index in [0.29, 0.717) is 12.1 Å². The Labute approximate surface area is 124 Å². The Hall–Kier alpha value is -0.970. The molecule has 2 aliphatic heterocycles. The summed E-state index contributed by atoms with van der Waals surface area (Å²) in [5.41, 5.74) is 2.44. The van der Waals surface area contributed by atoms with Gasteiger partial charge in [0.15, 0.2) is 0 Å². The van der Waals surface area contributed by atoms with Gasteiger partial charge < -0.3 is 5.32 Å². The number of aromatic nitrogens is 1. The van der Waals surface area contributed by atoms with Crippen LogP contribution in [-0.2, 0) is 0 Å². The molecule has 2 saturated heterocycles. The maximum Gasteiger partial charge on any atom is 0.0809 e. The highest BCUT2D eigenvalue weighted by Gasteiger charge is 2.37. The van der Waals surface area contributed by atoms with Crippen molar-refractivity contribution < 1.29 is 0 Å². The molecule has 0 aromatic carbocycles. The van der Waals surface area contributed by atoms with Gasteiger partial charge in [-0.05, 0) is 55.8 Å². The quantitative estimate of drug-likeness (QED) is 0.940. The van der Waals surface area contributed by atoms with Crippen molar-refractivity contribution in [2.75, 3.05) is 13.1 Å². The van der Waals surface area contributed by atoms with Crippen molar-refractivity contribution in [2.45, 2.75) is 44.3 Å². The van der Waals surface area contributed by atoms with E-state index in [2.05, 4.69) is 39.6 Å². The van der Waals surface area contributed by atoms with E-state index < -0.39 is 0 Å². The van der Waals surface area contributed by atoms with Crippen molar-refractivity contribution in [3.63, 3.8) is 0 Å². The first-order valence-electron chi connectivity index (χ1n) is 7.64. The molecule has 106 valence electrons. The standard InChI is InChI=1S/C16H21N3S/c1-11(12-9-16-14(17-10-12)5-8-20-16)18-13-4-7-19-6-2-3-15(13)19/h5,8-11,13,15,18H,2-4,6-7H2,1H3. The fourth-order valence-electron chi connectivity index (χ4n) is 3.79. The molecule has 0 saturated carbocycles. The van der Waals surface area contributed by atoms with E-state index in [4.69, 9.17) is 0 Å². The van der Waals surface area contributed by atoms with Crippen LogP contribution in [0, 0.1) is 0 Å². The van der Waals surface area contributed by atoms with E-state index in [-0.39, 0.29) is 0 Å². The van der Waals surface area contributed by atoms with Crippen LogP contribution < -0.4 is 5.32 Å². The first kappa shape index (κ1) is 12.7. The fraction of sp³-hybridized carbons (Fsp3) is 0.562. The monoisotopic (exact) mass is 287 g/mol. The van der Waals surface area contributed by atoms with Crippen LogP contribution >= 0.6 is 11.3 Å². The zero-order valence-electron chi connectivity index (χ0n) is 11.9. The van der Waals surface area contributed by atoms with Gasteiger partial charge in [0.1, 0.15) is 0 Å². The Morgan fingerprint density at radius 1 is 1.40 bits per heavy atom. The highest BCUT2D eigenvalue weighted by atomic mass is 32.1. The second kappa shape index (κ2) is 5.10. The molecule has 0 bridgehead atoms. The van der Waals surface area contributed by atoms with Crippen LogP contribution in [0.4, 0.5) is 0 Å². The SMILES string of the molecule is CC(NC1CCN2CCCC12)c1cnc2ccsc2c1. The summed E-state index contributed by atoms with van der Waals surface area (Å²) in [6.07, 6.45) is 6.07. The van der Waals surface area contributed by atoms with E-state index in [1.807, 2.05) is 6.20 Å². The molecular formula is C16H21N3S. The normalized spacial score (nSPS) is 28.1. The maximum atomic E-state index is 4.56. The average Bonchev–Trinajstić information content (AvgIpc) is 3.14. The number of rotatable bonds is 3. The summed E-state index contributed by atoms with van der Waals surface area (Å²) in [6, 6.07) is 6.21. The van der Waals surface area contributed by atoms with Crippen molar-refractivity contribution in [1.82, 2.24) is 15.2 Å². The van der Waals surface area contributed by atoms with Crippen molar-refractivity contribution >= 4 is 21.6 Å². The van der Waals surface area contributed by atoms with Gasteiger partial charge in [0, 0.05) is 30.9 Å². The average molecular weight is 287 g/mol. The van der Waals surface area contributed by atoms with E-state index in [1.54, 1.807) is 11.3 Å². The molecule has 2 fully saturated rings. The number of nitrogens with one attached hydrogen (secondary N) is 1. The van der Waals surface area contributed by atoms with Crippen LogP contribution in [0.25, 0.3) is 10.2 Å². The predicted octanol–water partition coefficient (Wildman–Crippen LogP) is 3.18. The fourth-order valence-corrected chi connectivity index (χ4v) is 4.58. The molecule has 0 aliphatic carbocycles. The Kier molecular flexibility index (Phi) is 3.25. The zero-order valence-corrected chi connectivity index (χ0v) is 12.7. The summed E-state index contributed by atoms with van der Waals surface area (Å²) in [5, 5.41) is 5.96. The number of pyridine rings is 1. The van der Waals surface area contributed by atoms with Crippen LogP contribution in [0.3, 0.4) is 0 Å². The van der Waals surface area contributed by atoms with E-state index >= 15 is 0 Å². The molecule has 2 aliphatic rings. The van der Waals surface area contributed by atoms with Crippen molar-refractivity contribution in [2.24, 2.45) is 0 Å². The number of thiophene rings is 1. The molecule has 3 nitrogen and oxygen atoms in total. The Morgan fingerprint density at radius 2 is 2.35 bits per heavy atom. The van der Waals surface area contributed by atoms with Gasteiger partial charge >= 0.3 is 0 Å². The minimum atomic E-state index is 0.388. The molecule has 4 heterocycles. The van der Waals surface area contributed by atoms with Crippen LogP contribution in [0.5, 0.6) is 0 Å². The summed E-state index contributed by atoms with van der Waals surface area (Å²) >= 11 is 1.78.